The summed E-state index contributed by atoms with van der Waals surface area (Å²) in [5.41, 5.74) is 2.48. The normalized spacial score (nSPS) is 15.9. The fourth-order valence-electron chi connectivity index (χ4n) is 1.73. The van der Waals surface area contributed by atoms with Crippen LogP contribution in [0.15, 0.2) is 18.2 Å². The van der Waals surface area contributed by atoms with E-state index in [1.807, 2.05) is 12.1 Å². The van der Waals surface area contributed by atoms with E-state index in [0.29, 0.717) is 3.67 Å². The molecular weight excluding hydrogens is 414 g/mol. The second kappa shape index (κ2) is 6.67. The van der Waals surface area contributed by atoms with Crippen LogP contribution in [0.2, 0.25) is 0 Å². The second-order valence-corrected chi connectivity index (χ2v) is 5.37. The molecule has 0 saturated heterocycles. The van der Waals surface area contributed by atoms with E-state index in [0.717, 1.165) is 35.9 Å². The molecule has 1 atom stereocenters. The Morgan fingerprint density at radius 1 is 1.06 bits per heavy atom. The van der Waals surface area contributed by atoms with E-state index < -0.39 is 0 Å². The molecule has 2 nitrogen and oxygen atoms in total. The maximum Gasteiger partial charge on any atom is -1.00 e. The van der Waals surface area contributed by atoms with E-state index in [1.54, 1.807) is 14.2 Å². The van der Waals surface area contributed by atoms with Crippen molar-refractivity contribution in [3.8, 4) is 11.5 Å². The van der Waals surface area contributed by atoms with Gasteiger partial charge in [0.2, 0.25) is 0 Å². The number of allylic oxidation sites excluding steroid dienone is 1. The fraction of sp³-hybridized carbons (Fsp3) is 0.273. The van der Waals surface area contributed by atoms with Crippen LogP contribution in [0.1, 0.15) is 14.8 Å². The van der Waals surface area contributed by atoms with E-state index in [9.17, 15) is 0 Å². The maximum absolute atomic E-state index is 5.35. The van der Waals surface area contributed by atoms with Gasteiger partial charge in [-0.05, 0) is 0 Å². The molecule has 0 saturated carbocycles. The van der Waals surface area contributed by atoms with Crippen molar-refractivity contribution in [2.24, 2.45) is 0 Å². The molecular formula is C11H11Cl2HfO2. The first-order valence-electron chi connectivity index (χ1n) is 4.42. The summed E-state index contributed by atoms with van der Waals surface area (Å²) in [5, 5.41) is 0. The third kappa shape index (κ3) is 2.63. The van der Waals surface area contributed by atoms with Gasteiger partial charge in [-0.25, -0.2) is 0 Å². The first-order chi connectivity index (χ1) is 6.77. The van der Waals surface area contributed by atoms with Gasteiger partial charge in [0.15, 0.2) is 0 Å². The van der Waals surface area contributed by atoms with Crippen molar-refractivity contribution in [2.45, 2.75) is 3.67 Å². The molecule has 1 unspecified atom stereocenters. The minimum Gasteiger partial charge on any atom is -1.00 e. The number of benzene rings is 1. The van der Waals surface area contributed by atoms with E-state index >= 15 is 0 Å². The van der Waals surface area contributed by atoms with Gasteiger partial charge in [-0.2, -0.15) is 0 Å². The number of hydrogen-bond donors (Lipinski definition) is 0. The Hall–Kier alpha value is 0.0101. The van der Waals surface area contributed by atoms with Crippen LogP contribution in [0, 0.1) is 0 Å². The zero-order chi connectivity index (χ0) is 10.1. The molecule has 0 spiro atoms. The first-order valence-corrected chi connectivity index (χ1v) is 6.49. The van der Waals surface area contributed by atoms with Crippen LogP contribution < -0.4 is 34.3 Å². The molecule has 0 amide bonds. The third-order valence-corrected chi connectivity index (χ3v) is 4.14. The van der Waals surface area contributed by atoms with Gasteiger partial charge in [0.05, 0.1) is 0 Å². The molecule has 2 rings (SSSR count). The van der Waals surface area contributed by atoms with Gasteiger partial charge in [0.25, 0.3) is 0 Å². The van der Waals surface area contributed by atoms with Crippen molar-refractivity contribution < 1.29 is 58.7 Å². The van der Waals surface area contributed by atoms with Gasteiger partial charge in [-0.15, -0.1) is 0 Å². The van der Waals surface area contributed by atoms with Crippen LogP contribution in [-0.4, -0.2) is 14.2 Å². The Kier molecular flexibility index (Phi) is 6.68. The second-order valence-electron chi connectivity index (χ2n) is 3.13. The molecule has 85 valence electrons. The van der Waals surface area contributed by atoms with E-state index in [4.69, 9.17) is 9.47 Å². The van der Waals surface area contributed by atoms with Crippen LogP contribution in [0.5, 0.6) is 11.5 Å². The van der Waals surface area contributed by atoms with Gasteiger partial charge < -0.3 is 24.8 Å². The van der Waals surface area contributed by atoms with Crippen molar-refractivity contribution in [3.63, 3.8) is 0 Å². The van der Waals surface area contributed by atoms with Gasteiger partial charge in [-0.3, -0.25) is 0 Å². The molecule has 1 aliphatic carbocycles. The predicted molar refractivity (Wildman–Crippen MR) is 51.3 cm³/mol. The minimum atomic E-state index is 0. The summed E-state index contributed by atoms with van der Waals surface area (Å²) in [6.45, 7) is 0. The quantitative estimate of drug-likeness (QED) is 0.456. The van der Waals surface area contributed by atoms with Crippen molar-refractivity contribution in [2.75, 3.05) is 14.2 Å². The summed E-state index contributed by atoms with van der Waals surface area (Å²) in [7, 11) is 3.42. The molecule has 1 aromatic carbocycles. The summed E-state index contributed by atoms with van der Waals surface area (Å²) in [4.78, 5) is 0. The fourth-order valence-corrected chi connectivity index (χ4v) is 3.15. The Morgan fingerprint density at radius 2 is 1.62 bits per heavy atom. The van der Waals surface area contributed by atoms with Crippen molar-refractivity contribution in [1.82, 2.24) is 0 Å². The van der Waals surface area contributed by atoms with Crippen molar-refractivity contribution in [3.05, 3.63) is 29.3 Å². The Bertz CT molecular complexity index is 394. The molecule has 1 aromatic rings. The molecule has 0 bridgehead atoms. The number of rotatable bonds is 2. The van der Waals surface area contributed by atoms with Crippen LogP contribution in [0.4, 0.5) is 0 Å². The average molecular weight is 425 g/mol. The van der Waals surface area contributed by atoms with Crippen LogP contribution in [0.25, 0.3) is 6.08 Å². The third-order valence-electron chi connectivity index (χ3n) is 2.41. The maximum atomic E-state index is 5.35. The number of methoxy groups -OCH3 is 2. The zero-order valence-corrected chi connectivity index (χ0v) is 14.1. The smallest absolute Gasteiger partial charge is 1.00 e. The van der Waals surface area contributed by atoms with E-state index in [1.165, 1.54) is 11.1 Å². The van der Waals surface area contributed by atoms with Crippen molar-refractivity contribution in [1.29, 1.82) is 0 Å². The topological polar surface area (TPSA) is 18.5 Å². The summed E-state index contributed by atoms with van der Waals surface area (Å²) in [6.07, 6.45) is 4.36. The summed E-state index contributed by atoms with van der Waals surface area (Å²) < 4.78 is 11.2. The van der Waals surface area contributed by atoms with Gasteiger partial charge >= 0.3 is 98.7 Å². The molecule has 0 N–H and O–H groups in total. The average Bonchev–Trinajstić information content (AvgIpc) is 2.60. The van der Waals surface area contributed by atoms with Gasteiger partial charge in [0, 0.05) is 0 Å². The molecule has 16 heavy (non-hydrogen) atoms. The number of fused-ring (bicyclic) bond motifs is 1. The molecule has 0 aromatic heterocycles. The Morgan fingerprint density at radius 3 is 2.19 bits per heavy atom. The minimum absolute atomic E-state index is 0. The molecule has 1 aliphatic rings. The van der Waals surface area contributed by atoms with Crippen molar-refractivity contribution >= 4 is 6.08 Å². The molecule has 0 fully saturated rings. The van der Waals surface area contributed by atoms with Gasteiger partial charge in [0.1, 0.15) is 0 Å². The standard InChI is InChI=1S/C11H11O2.2ClH.Hf/c1-12-10-6-7-11(13-2)9-5-3-4-8(9)10;;;/h3-7H,1-2H3;2*1H;/q;;;+2/p-2. The number of halogens is 2. The van der Waals surface area contributed by atoms with E-state index in [2.05, 4.69) is 12.2 Å². The van der Waals surface area contributed by atoms with Gasteiger partial charge in [-0.1, -0.05) is 0 Å². The number of ether oxygens (including phenoxy) is 2. The SMILES string of the molecule is COc1ccc(OC)c2c1C=C[CH]2[Hf+2].[Cl-].[Cl-]. The Labute approximate surface area is 123 Å². The summed E-state index contributed by atoms with van der Waals surface area (Å²) >= 11 is 1.11. The van der Waals surface area contributed by atoms with E-state index in [-0.39, 0.29) is 24.8 Å². The van der Waals surface area contributed by atoms with Crippen LogP contribution in [0.3, 0.4) is 0 Å². The summed E-state index contributed by atoms with van der Waals surface area (Å²) in [6, 6.07) is 3.94. The monoisotopic (exact) mass is 425 g/mol. The predicted octanol–water partition coefficient (Wildman–Crippen LogP) is -3.67. The molecule has 5 heteroatoms. The molecule has 0 heterocycles. The first kappa shape index (κ1) is 16.0. The summed E-state index contributed by atoms with van der Waals surface area (Å²) in [5.74, 6) is 1.92. The van der Waals surface area contributed by atoms with Crippen LogP contribution >= 0.6 is 0 Å². The zero-order valence-electron chi connectivity index (χ0n) is 8.96. The molecule has 0 aliphatic heterocycles. The number of hydrogen-bond acceptors (Lipinski definition) is 2. The molecule has 0 radical (unpaired) electrons. The van der Waals surface area contributed by atoms with Crippen LogP contribution in [-0.2, 0) is 24.4 Å². The largest absolute Gasteiger partial charge is 1.00 e. The Balaban J connectivity index is 0.00000112.